The Labute approximate surface area is 185 Å². The van der Waals surface area contributed by atoms with Gasteiger partial charge in [-0.1, -0.05) is 6.92 Å². The van der Waals surface area contributed by atoms with Crippen LogP contribution in [0.2, 0.25) is 0 Å². The number of carbonyl (C=O) groups excluding carboxylic acids is 1. The van der Waals surface area contributed by atoms with Crippen molar-refractivity contribution in [3.63, 3.8) is 0 Å². The van der Waals surface area contributed by atoms with Crippen LogP contribution in [0, 0.1) is 11.6 Å². The van der Waals surface area contributed by atoms with E-state index in [2.05, 4.69) is 15.0 Å². The minimum Gasteiger partial charge on any atom is -0.342 e. The zero-order valence-electron chi connectivity index (χ0n) is 17.6. The van der Waals surface area contributed by atoms with Crippen LogP contribution >= 0.6 is 0 Å². The van der Waals surface area contributed by atoms with E-state index in [0.29, 0.717) is 6.07 Å². The number of likely N-dealkylation sites (N-methyl/N-ethyl adjacent to an activating group) is 1. The van der Waals surface area contributed by atoms with E-state index in [1.54, 1.807) is 6.92 Å². The highest BCUT2D eigenvalue weighted by molar-refractivity contribution is 6.04. The largest absolute Gasteiger partial charge is 0.390 e. The lowest BCUT2D eigenvalue weighted by Crippen LogP contribution is -2.53. The number of halogens is 5. The van der Waals surface area contributed by atoms with Crippen LogP contribution in [0.25, 0.3) is 17.3 Å². The molecule has 3 heterocycles. The number of nitrogens with zero attached hydrogens (tertiary/aromatic N) is 6. The van der Waals surface area contributed by atoms with Gasteiger partial charge in [0.25, 0.3) is 0 Å². The maximum atomic E-state index is 14.4. The third-order valence-corrected chi connectivity index (χ3v) is 5.41. The second-order valence-electron chi connectivity index (χ2n) is 7.50. The number of carbonyl (C=O) groups is 1. The van der Waals surface area contributed by atoms with E-state index in [1.807, 2.05) is 0 Å². The Hall–Kier alpha value is -3.57. The Kier molecular flexibility index (Phi) is 5.76. The summed E-state index contributed by atoms with van der Waals surface area (Å²) in [6, 6.07) is 2.19. The normalized spacial score (nSPS) is 16.3. The fraction of sp³-hybridized carbons (Fsp3) is 0.333. The topological polar surface area (TPSA) is 67.2 Å². The van der Waals surface area contributed by atoms with Gasteiger partial charge in [0.05, 0.1) is 18.2 Å². The second-order valence-corrected chi connectivity index (χ2v) is 7.50. The first-order valence-corrected chi connectivity index (χ1v) is 10.1. The third kappa shape index (κ3) is 4.24. The summed E-state index contributed by atoms with van der Waals surface area (Å²) >= 11 is 0. The summed E-state index contributed by atoms with van der Waals surface area (Å²) in [5, 5.41) is 0. The quantitative estimate of drug-likeness (QED) is 0.530. The van der Waals surface area contributed by atoms with Crippen LogP contribution in [0.15, 0.2) is 36.8 Å². The van der Waals surface area contributed by atoms with Crippen molar-refractivity contribution in [2.75, 3.05) is 23.4 Å². The van der Waals surface area contributed by atoms with Gasteiger partial charge in [-0.3, -0.25) is 9.36 Å². The summed E-state index contributed by atoms with van der Waals surface area (Å²) in [6.07, 6.45) is -1.12. The highest BCUT2D eigenvalue weighted by atomic mass is 19.4. The van der Waals surface area contributed by atoms with Gasteiger partial charge < -0.3 is 9.80 Å². The third-order valence-electron chi connectivity index (χ3n) is 5.41. The highest BCUT2D eigenvalue weighted by Gasteiger charge is 2.39. The van der Waals surface area contributed by atoms with E-state index < -0.39 is 36.8 Å². The summed E-state index contributed by atoms with van der Waals surface area (Å²) in [7, 11) is 1.50. The first-order chi connectivity index (χ1) is 15.6. The minimum atomic E-state index is -4.42. The van der Waals surface area contributed by atoms with Crippen molar-refractivity contribution in [1.82, 2.24) is 19.5 Å². The molecular formula is C21H19F5N6O. The predicted octanol–water partition coefficient (Wildman–Crippen LogP) is 4.12. The predicted molar refractivity (Wildman–Crippen MR) is 110 cm³/mol. The molecular weight excluding hydrogens is 447 g/mol. The molecule has 0 spiro atoms. The first kappa shape index (κ1) is 22.6. The summed E-state index contributed by atoms with van der Waals surface area (Å²) in [5.74, 6) is -1.71. The van der Waals surface area contributed by atoms with Gasteiger partial charge >= 0.3 is 6.18 Å². The van der Waals surface area contributed by atoms with Gasteiger partial charge in [0, 0.05) is 32.1 Å². The SMILES string of the molecule is CC[C@@H]1C(=O)N(C)c2cnc(-n3ccnc3-c3ccc(F)cc3F)nc2N1CCC(F)(F)F. The van der Waals surface area contributed by atoms with E-state index in [0.717, 1.165) is 6.07 Å². The van der Waals surface area contributed by atoms with E-state index >= 15 is 0 Å². The van der Waals surface area contributed by atoms with Gasteiger partial charge in [0.2, 0.25) is 11.9 Å². The molecule has 0 saturated heterocycles. The van der Waals surface area contributed by atoms with E-state index in [1.165, 1.54) is 46.1 Å². The van der Waals surface area contributed by atoms with Crippen LogP contribution < -0.4 is 9.80 Å². The molecule has 0 radical (unpaired) electrons. The number of hydrogen-bond acceptors (Lipinski definition) is 5. The zero-order chi connectivity index (χ0) is 23.9. The van der Waals surface area contributed by atoms with Crippen LogP contribution in [-0.4, -0.2) is 51.2 Å². The number of imidazole rings is 1. The standard InChI is InChI=1S/C21H19F5N6O/c1-3-15-19(33)30(2)16-11-28-20(29-18(16)31(15)8-6-21(24,25)26)32-9-7-27-17(32)13-5-4-12(22)10-14(13)23/h4-5,7,9-11,15H,3,6,8H2,1-2H3/t15-/m1/s1. The fourth-order valence-corrected chi connectivity index (χ4v) is 3.78. The molecule has 1 aromatic carbocycles. The summed E-state index contributed by atoms with van der Waals surface area (Å²) in [5.41, 5.74) is 0.251. The molecule has 1 amide bonds. The molecule has 33 heavy (non-hydrogen) atoms. The van der Waals surface area contributed by atoms with Crippen molar-refractivity contribution in [2.45, 2.75) is 32.0 Å². The maximum absolute atomic E-state index is 14.4. The van der Waals surface area contributed by atoms with Crippen LogP contribution in [0.4, 0.5) is 33.5 Å². The zero-order valence-corrected chi connectivity index (χ0v) is 17.6. The van der Waals surface area contributed by atoms with Gasteiger partial charge in [-0.15, -0.1) is 0 Å². The molecule has 0 aliphatic carbocycles. The van der Waals surface area contributed by atoms with Crippen LogP contribution in [0.1, 0.15) is 19.8 Å². The highest BCUT2D eigenvalue weighted by Crippen LogP contribution is 2.36. The van der Waals surface area contributed by atoms with Crippen LogP contribution in [-0.2, 0) is 4.79 Å². The molecule has 4 rings (SSSR count). The van der Waals surface area contributed by atoms with Crippen LogP contribution in [0.3, 0.4) is 0 Å². The molecule has 2 aromatic heterocycles. The monoisotopic (exact) mass is 466 g/mol. The number of aromatic nitrogens is 4. The van der Waals surface area contributed by atoms with E-state index in [4.69, 9.17) is 0 Å². The summed E-state index contributed by atoms with van der Waals surface area (Å²) in [6.45, 7) is 1.24. The molecule has 12 heteroatoms. The number of rotatable bonds is 5. The average Bonchev–Trinajstić information content (AvgIpc) is 3.23. The molecule has 0 fully saturated rings. The molecule has 1 aliphatic heterocycles. The molecule has 1 aliphatic rings. The fourth-order valence-electron chi connectivity index (χ4n) is 3.78. The number of benzene rings is 1. The lowest BCUT2D eigenvalue weighted by molar-refractivity contribution is -0.133. The molecule has 1 atom stereocenters. The minimum absolute atomic E-state index is 0.00428. The lowest BCUT2D eigenvalue weighted by Gasteiger charge is -2.40. The number of anilines is 2. The van der Waals surface area contributed by atoms with Crippen molar-refractivity contribution in [3.05, 3.63) is 48.4 Å². The Morgan fingerprint density at radius 3 is 2.58 bits per heavy atom. The Bertz CT molecular complexity index is 1190. The average molecular weight is 466 g/mol. The molecule has 3 aromatic rings. The van der Waals surface area contributed by atoms with Gasteiger partial charge in [-0.05, 0) is 18.6 Å². The Morgan fingerprint density at radius 1 is 1.15 bits per heavy atom. The Balaban J connectivity index is 1.81. The van der Waals surface area contributed by atoms with Crippen molar-refractivity contribution in [3.8, 4) is 17.3 Å². The number of hydrogen-bond donors (Lipinski definition) is 0. The molecule has 0 saturated carbocycles. The van der Waals surface area contributed by atoms with Crippen molar-refractivity contribution >= 4 is 17.4 Å². The summed E-state index contributed by atoms with van der Waals surface area (Å²) in [4.78, 5) is 28.1. The second kappa shape index (κ2) is 8.41. The number of amides is 1. The molecule has 174 valence electrons. The first-order valence-electron chi connectivity index (χ1n) is 10.1. The Morgan fingerprint density at radius 2 is 1.91 bits per heavy atom. The molecule has 7 nitrogen and oxygen atoms in total. The molecule has 0 bridgehead atoms. The smallest absolute Gasteiger partial charge is 0.342 e. The van der Waals surface area contributed by atoms with Crippen molar-refractivity contribution in [1.29, 1.82) is 0 Å². The van der Waals surface area contributed by atoms with Gasteiger partial charge in [0.1, 0.15) is 29.2 Å². The van der Waals surface area contributed by atoms with Crippen LogP contribution in [0.5, 0.6) is 0 Å². The van der Waals surface area contributed by atoms with Gasteiger partial charge in [-0.25, -0.2) is 18.7 Å². The maximum Gasteiger partial charge on any atom is 0.390 e. The van der Waals surface area contributed by atoms with Gasteiger partial charge in [-0.2, -0.15) is 18.2 Å². The van der Waals surface area contributed by atoms with Crippen molar-refractivity contribution < 1.29 is 26.7 Å². The number of alkyl halides is 3. The van der Waals surface area contributed by atoms with E-state index in [9.17, 15) is 26.7 Å². The summed E-state index contributed by atoms with van der Waals surface area (Å²) < 4.78 is 67.9. The number of fused-ring (bicyclic) bond motifs is 1. The molecule has 0 unspecified atom stereocenters. The lowest BCUT2D eigenvalue weighted by atomic mass is 10.1. The van der Waals surface area contributed by atoms with E-state index in [-0.39, 0.29) is 41.2 Å². The van der Waals surface area contributed by atoms with Gasteiger partial charge in [0.15, 0.2) is 5.82 Å². The molecule has 0 N–H and O–H groups in total. The van der Waals surface area contributed by atoms with Crippen molar-refractivity contribution in [2.24, 2.45) is 0 Å².